The van der Waals surface area contributed by atoms with Crippen LogP contribution in [0.25, 0.3) is 0 Å². The Hall–Kier alpha value is -3.98. The van der Waals surface area contributed by atoms with Gasteiger partial charge < -0.3 is 10.1 Å². The number of para-hydroxylation sites is 1. The lowest BCUT2D eigenvalue weighted by molar-refractivity contribution is -0.119. The predicted molar refractivity (Wildman–Crippen MR) is 128 cm³/mol. The number of nitrogens with zero attached hydrogens (tertiary/aromatic N) is 1. The van der Waals surface area contributed by atoms with Crippen LogP contribution < -0.4 is 9.62 Å². The van der Waals surface area contributed by atoms with Crippen molar-refractivity contribution in [2.24, 2.45) is 0 Å². The van der Waals surface area contributed by atoms with E-state index in [-0.39, 0.29) is 22.7 Å². The number of carbonyl (C=O) groups excluding carboxylic acids is 2. The van der Waals surface area contributed by atoms with Crippen LogP contribution in [0.2, 0.25) is 0 Å². The summed E-state index contributed by atoms with van der Waals surface area (Å²) in [6, 6.07) is 17.8. The molecule has 3 aromatic carbocycles. The highest BCUT2D eigenvalue weighted by atomic mass is 32.2. The lowest BCUT2D eigenvalue weighted by atomic mass is 10.2. The number of rotatable bonds is 9. The molecule has 0 aliphatic carbocycles. The van der Waals surface area contributed by atoms with E-state index >= 15 is 0 Å². The molecule has 9 heteroatoms. The molecule has 34 heavy (non-hydrogen) atoms. The highest BCUT2D eigenvalue weighted by Crippen LogP contribution is 2.24. The highest BCUT2D eigenvalue weighted by Gasteiger charge is 2.25. The number of esters is 1. The summed E-state index contributed by atoms with van der Waals surface area (Å²) in [5.41, 5.74) is 1.31. The number of hydrogen-bond acceptors (Lipinski definition) is 5. The molecule has 0 heterocycles. The summed E-state index contributed by atoms with van der Waals surface area (Å²) in [6.07, 6.45) is 1.46. The third kappa shape index (κ3) is 5.87. The van der Waals surface area contributed by atoms with E-state index < -0.39 is 34.3 Å². The SMILES string of the molecule is C=CCN(c1ccccc1)S(=O)(=O)c1cccc(C(=O)OCC(=O)Nc2cc(F)ccc2C)c1. The number of anilines is 2. The molecule has 0 saturated carbocycles. The first kappa shape index (κ1) is 24.7. The van der Waals surface area contributed by atoms with Crippen LogP contribution in [0.15, 0.2) is 90.3 Å². The van der Waals surface area contributed by atoms with Crippen molar-refractivity contribution in [1.82, 2.24) is 0 Å². The normalized spacial score (nSPS) is 10.9. The van der Waals surface area contributed by atoms with E-state index in [1.165, 1.54) is 46.8 Å². The van der Waals surface area contributed by atoms with Crippen molar-refractivity contribution in [2.75, 3.05) is 22.8 Å². The zero-order valence-electron chi connectivity index (χ0n) is 18.4. The molecule has 1 amide bonds. The number of carbonyl (C=O) groups is 2. The van der Waals surface area contributed by atoms with Crippen LogP contribution in [0.4, 0.5) is 15.8 Å². The molecule has 0 bridgehead atoms. The van der Waals surface area contributed by atoms with Gasteiger partial charge in [0.2, 0.25) is 0 Å². The molecule has 0 atom stereocenters. The zero-order valence-corrected chi connectivity index (χ0v) is 19.2. The second-order valence-electron chi connectivity index (χ2n) is 7.27. The average molecular weight is 483 g/mol. The number of aryl methyl sites for hydroxylation is 1. The smallest absolute Gasteiger partial charge is 0.338 e. The number of hydrogen-bond donors (Lipinski definition) is 1. The molecular weight excluding hydrogens is 459 g/mol. The minimum Gasteiger partial charge on any atom is -0.452 e. The Morgan fingerprint density at radius 1 is 1.06 bits per heavy atom. The number of sulfonamides is 1. The fourth-order valence-electron chi connectivity index (χ4n) is 3.09. The van der Waals surface area contributed by atoms with Crippen LogP contribution >= 0.6 is 0 Å². The van der Waals surface area contributed by atoms with Crippen LogP contribution in [-0.2, 0) is 19.6 Å². The molecule has 3 aromatic rings. The van der Waals surface area contributed by atoms with Crippen molar-refractivity contribution in [1.29, 1.82) is 0 Å². The maximum Gasteiger partial charge on any atom is 0.338 e. The van der Waals surface area contributed by atoms with Gasteiger partial charge >= 0.3 is 5.97 Å². The van der Waals surface area contributed by atoms with Gasteiger partial charge in [-0.15, -0.1) is 6.58 Å². The Bertz CT molecular complexity index is 1310. The van der Waals surface area contributed by atoms with Crippen molar-refractivity contribution in [3.05, 3.63) is 102 Å². The molecule has 1 N–H and O–H groups in total. The molecule has 0 radical (unpaired) electrons. The molecule has 0 aliphatic heterocycles. The van der Waals surface area contributed by atoms with E-state index in [9.17, 15) is 22.4 Å². The maximum atomic E-state index is 13.4. The fourth-order valence-corrected chi connectivity index (χ4v) is 4.58. The second kappa shape index (κ2) is 10.8. The topological polar surface area (TPSA) is 92.8 Å². The second-order valence-corrected chi connectivity index (χ2v) is 9.13. The lowest BCUT2D eigenvalue weighted by Gasteiger charge is -2.23. The molecule has 0 fully saturated rings. The van der Waals surface area contributed by atoms with Gasteiger partial charge in [0, 0.05) is 5.69 Å². The van der Waals surface area contributed by atoms with Gasteiger partial charge in [-0.1, -0.05) is 36.4 Å². The Labute approximate surface area is 197 Å². The summed E-state index contributed by atoms with van der Waals surface area (Å²) in [5.74, 6) is -2.05. The zero-order chi connectivity index (χ0) is 24.7. The Balaban J connectivity index is 1.73. The van der Waals surface area contributed by atoms with E-state index in [2.05, 4.69) is 11.9 Å². The van der Waals surface area contributed by atoms with Crippen LogP contribution in [-0.4, -0.2) is 33.4 Å². The van der Waals surface area contributed by atoms with Crippen molar-refractivity contribution in [2.45, 2.75) is 11.8 Å². The summed E-state index contributed by atoms with van der Waals surface area (Å²) in [4.78, 5) is 24.5. The number of amides is 1. The molecule has 7 nitrogen and oxygen atoms in total. The van der Waals surface area contributed by atoms with Crippen LogP contribution in [0.5, 0.6) is 0 Å². The van der Waals surface area contributed by atoms with Crippen molar-refractivity contribution in [3.63, 3.8) is 0 Å². The minimum atomic E-state index is -4.01. The average Bonchev–Trinajstić information content (AvgIpc) is 2.83. The third-order valence-electron chi connectivity index (χ3n) is 4.80. The maximum absolute atomic E-state index is 13.4. The van der Waals surface area contributed by atoms with Gasteiger partial charge in [-0.25, -0.2) is 17.6 Å². The first-order valence-electron chi connectivity index (χ1n) is 10.2. The van der Waals surface area contributed by atoms with Gasteiger partial charge in [0.15, 0.2) is 6.61 Å². The first-order chi connectivity index (χ1) is 16.2. The van der Waals surface area contributed by atoms with E-state index in [1.54, 1.807) is 37.3 Å². The van der Waals surface area contributed by atoms with Crippen LogP contribution in [0.1, 0.15) is 15.9 Å². The van der Waals surface area contributed by atoms with Gasteiger partial charge in [0.25, 0.3) is 15.9 Å². The van der Waals surface area contributed by atoms with E-state index in [0.717, 1.165) is 6.07 Å². The Kier molecular flexibility index (Phi) is 7.80. The van der Waals surface area contributed by atoms with Gasteiger partial charge in [-0.05, 0) is 55.0 Å². The monoisotopic (exact) mass is 482 g/mol. The third-order valence-corrected chi connectivity index (χ3v) is 6.59. The first-order valence-corrected chi connectivity index (χ1v) is 11.7. The molecule has 0 saturated heterocycles. The summed E-state index contributed by atoms with van der Waals surface area (Å²) in [7, 11) is -4.01. The quantitative estimate of drug-likeness (QED) is 0.362. The van der Waals surface area contributed by atoms with Gasteiger partial charge in [-0.3, -0.25) is 9.10 Å². The summed E-state index contributed by atoms with van der Waals surface area (Å²) < 4.78 is 46.1. The van der Waals surface area contributed by atoms with Crippen LogP contribution in [0, 0.1) is 12.7 Å². The number of ether oxygens (including phenoxy) is 1. The van der Waals surface area contributed by atoms with E-state index in [0.29, 0.717) is 11.3 Å². The van der Waals surface area contributed by atoms with Gasteiger partial charge in [0.1, 0.15) is 5.82 Å². The largest absolute Gasteiger partial charge is 0.452 e. The van der Waals surface area contributed by atoms with Crippen molar-refractivity contribution < 1.29 is 27.1 Å². The van der Waals surface area contributed by atoms with Gasteiger partial charge in [-0.2, -0.15) is 0 Å². The Morgan fingerprint density at radius 2 is 1.79 bits per heavy atom. The van der Waals surface area contributed by atoms with E-state index in [1.807, 2.05) is 0 Å². The summed E-state index contributed by atoms with van der Waals surface area (Å²) in [6.45, 7) is 4.72. The molecule has 0 aromatic heterocycles. The standard InChI is InChI=1S/C25H23FN2O5S/c1-3-14-28(21-9-5-4-6-10-21)34(31,32)22-11-7-8-19(15-22)25(30)33-17-24(29)27-23-16-20(26)13-12-18(23)2/h3-13,15-16H,1,14,17H2,2H3,(H,27,29). The minimum absolute atomic E-state index is 0.0285. The molecule has 0 unspecified atom stereocenters. The predicted octanol–water partition coefficient (Wildman–Crippen LogP) is 4.31. The molecule has 0 aliphatic rings. The van der Waals surface area contributed by atoms with Crippen LogP contribution in [0.3, 0.4) is 0 Å². The number of benzene rings is 3. The van der Waals surface area contributed by atoms with Crippen molar-refractivity contribution >= 4 is 33.3 Å². The highest BCUT2D eigenvalue weighted by molar-refractivity contribution is 7.92. The van der Waals surface area contributed by atoms with Crippen molar-refractivity contribution in [3.8, 4) is 0 Å². The van der Waals surface area contributed by atoms with Gasteiger partial charge in [0.05, 0.1) is 22.7 Å². The molecule has 176 valence electrons. The van der Waals surface area contributed by atoms with E-state index in [4.69, 9.17) is 4.74 Å². The molecule has 0 spiro atoms. The summed E-state index contributed by atoms with van der Waals surface area (Å²) in [5, 5.41) is 2.47. The summed E-state index contributed by atoms with van der Waals surface area (Å²) >= 11 is 0. The number of halogens is 1. The number of nitrogens with one attached hydrogen (secondary N) is 1. The lowest BCUT2D eigenvalue weighted by Crippen LogP contribution is -2.31. The molecule has 3 rings (SSSR count). The Morgan fingerprint density at radius 3 is 2.50 bits per heavy atom. The fraction of sp³-hybridized carbons (Fsp3) is 0.120. The molecular formula is C25H23FN2O5S.